The lowest BCUT2D eigenvalue weighted by molar-refractivity contribution is 0.0973. The number of morpholine rings is 2. The van der Waals surface area contributed by atoms with Crippen molar-refractivity contribution in [2.45, 2.75) is 25.9 Å². The normalized spacial score (nSPS) is 20.8. The van der Waals surface area contributed by atoms with Crippen LogP contribution in [0.3, 0.4) is 0 Å². The van der Waals surface area contributed by atoms with E-state index in [-0.39, 0.29) is 12.1 Å². The fourth-order valence-corrected chi connectivity index (χ4v) is 4.62. The predicted molar refractivity (Wildman–Crippen MR) is 133 cm³/mol. The number of pyridine rings is 1. The molecule has 2 fully saturated rings. The number of hydrogen-bond donors (Lipinski definition) is 1. The Morgan fingerprint density at radius 1 is 1.00 bits per heavy atom. The van der Waals surface area contributed by atoms with E-state index in [0.29, 0.717) is 61.6 Å². The molecule has 0 saturated carbocycles. The maximum atomic E-state index is 11.9. The number of hydrogen-bond acceptors (Lipinski definition) is 9. The first-order valence-corrected chi connectivity index (χ1v) is 11.8. The summed E-state index contributed by atoms with van der Waals surface area (Å²) in [5.41, 5.74) is 7.90. The lowest BCUT2D eigenvalue weighted by Crippen LogP contribution is -2.46. The fraction of sp³-hybridized carbons (Fsp3) is 0.440. The summed E-state index contributed by atoms with van der Waals surface area (Å²) in [4.78, 5) is 31.2. The maximum Gasteiger partial charge on any atom is 0.252 e. The van der Waals surface area contributed by atoms with Crippen LogP contribution in [0.25, 0.3) is 22.3 Å². The third-order valence-corrected chi connectivity index (χ3v) is 6.55. The van der Waals surface area contributed by atoms with E-state index < -0.39 is 5.91 Å². The summed E-state index contributed by atoms with van der Waals surface area (Å²) in [6.07, 6.45) is 0. The van der Waals surface area contributed by atoms with Gasteiger partial charge >= 0.3 is 0 Å². The first kappa shape index (κ1) is 23.3. The van der Waals surface area contributed by atoms with Gasteiger partial charge in [0.1, 0.15) is 11.6 Å². The highest BCUT2D eigenvalue weighted by Crippen LogP contribution is 2.32. The highest BCUT2D eigenvalue weighted by Gasteiger charge is 2.27. The molecule has 2 aliphatic heterocycles. The number of amides is 1. The Labute approximate surface area is 204 Å². The van der Waals surface area contributed by atoms with E-state index in [4.69, 9.17) is 34.9 Å². The standard InChI is InChI=1S/C25H30N6O4/c1-15-13-34-10-8-30(15)24-18-5-6-20(17-4-7-21(33-3)19(12-17)22(26)32)27-23(18)28-25(29-24)31-9-11-35-14-16(31)2/h4-7,12,15-16H,8-11,13-14H2,1-3H3,(H2,26,32)/t15-,16-/m0/s1. The summed E-state index contributed by atoms with van der Waals surface area (Å²) in [6, 6.07) is 9.53. The second-order valence-electron chi connectivity index (χ2n) is 8.93. The Morgan fingerprint density at radius 3 is 2.37 bits per heavy atom. The van der Waals surface area contributed by atoms with E-state index in [9.17, 15) is 4.79 Å². The topological polar surface area (TPSA) is 116 Å². The van der Waals surface area contributed by atoms with Crippen LogP contribution >= 0.6 is 0 Å². The van der Waals surface area contributed by atoms with Crippen molar-refractivity contribution in [3.63, 3.8) is 0 Å². The largest absolute Gasteiger partial charge is 0.496 e. The van der Waals surface area contributed by atoms with Crippen molar-refractivity contribution < 1.29 is 19.0 Å². The molecular weight excluding hydrogens is 448 g/mol. The van der Waals surface area contributed by atoms with Gasteiger partial charge < -0.3 is 29.7 Å². The van der Waals surface area contributed by atoms with E-state index in [1.165, 1.54) is 7.11 Å². The molecule has 1 amide bonds. The molecule has 1 aromatic carbocycles. The van der Waals surface area contributed by atoms with E-state index in [1.54, 1.807) is 12.1 Å². The van der Waals surface area contributed by atoms with E-state index in [1.807, 2.05) is 18.2 Å². The number of anilines is 2. The van der Waals surface area contributed by atoms with Crippen LogP contribution in [0.1, 0.15) is 24.2 Å². The molecule has 10 nitrogen and oxygen atoms in total. The molecule has 5 rings (SSSR count). The second-order valence-corrected chi connectivity index (χ2v) is 8.93. The number of benzene rings is 1. The van der Waals surface area contributed by atoms with Gasteiger partial charge in [0.2, 0.25) is 5.95 Å². The zero-order valence-electron chi connectivity index (χ0n) is 20.2. The Morgan fingerprint density at radius 2 is 1.71 bits per heavy atom. The summed E-state index contributed by atoms with van der Waals surface area (Å²) >= 11 is 0. The van der Waals surface area contributed by atoms with E-state index in [2.05, 4.69) is 23.6 Å². The lowest BCUT2D eigenvalue weighted by Gasteiger charge is -2.37. The molecule has 0 bridgehead atoms. The molecule has 0 radical (unpaired) electrons. The van der Waals surface area contributed by atoms with Crippen molar-refractivity contribution in [1.82, 2.24) is 15.0 Å². The molecule has 2 aromatic heterocycles. The summed E-state index contributed by atoms with van der Waals surface area (Å²) in [5, 5.41) is 0.871. The number of primary amides is 1. The van der Waals surface area contributed by atoms with Gasteiger partial charge in [-0.1, -0.05) is 0 Å². The van der Waals surface area contributed by atoms with Gasteiger partial charge in [-0.2, -0.15) is 9.97 Å². The third-order valence-electron chi connectivity index (χ3n) is 6.55. The van der Waals surface area contributed by atoms with Crippen LogP contribution < -0.4 is 20.3 Å². The monoisotopic (exact) mass is 478 g/mol. The Balaban J connectivity index is 1.65. The molecule has 4 heterocycles. The van der Waals surface area contributed by atoms with Gasteiger partial charge in [0.25, 0.3) is 5.91 Å². The number of fused-ring (bicyclic) bond motifs is 1. The molecule has 3 aromatic rings. The van der Waals surface area contributed by atoms with Gasteiger partial charge in [0.15, 0.2) is 5.65 Å². The van der Waals surface area contributed by atoms with Crippen LogP contribution in [0.4, 0.5) is 11.8 Å². The van der Waals surface area contributed by atoms with Crippen LogP contribution in [0.2, 0.25) is 0 Å². The SMILES string of the molecule is COc1ccc(-c2ccc3c(N4CCOC[C@@H]4C)nc(N4CCOC[C@@H]4C)nc3n2)cc1C(N)=O. The van der Waals surface area contributed by atoms with Crippen molar-refractivity contribution >= 4 is 28.7 Å². The van der Waals surface area contributed by atoms with Crippen LogP contribution in [0.5, 0.6) is 5.75 Å². The fourth-order valence-electron chi connectivity index (χ4n) is 4.62. The number of aromatic nitrogens is 3. The Kier molecular flexibility index (Phi) is 6.40. The zero-order chi connectivity index (χ0) is 24.5. The molecular formula is C25H30N6O4. The van der Waals surface area contributed by atoms with Crippen molar-refractivity contribution in [1.29, 1.82) is 0 Å². The number of nitrogens with zero attached hydrogens (tertiary/aromatic N) is 5. The molecule has 2 N–H and O–H groups in total. The first-order valence-electron chi connectivity index (χ1n) is 11.8. The van der Waals surface area contributed by atoms with Crippen LogP contribution in [0.15, 0.2) is 30.3 Å². The van der Waals surface area contributed by atoms with Crippen LogP contribution in [0, 0.1) is 0 Å². The van der Waals surface area contributed by atoms with E-state index >= 15 is 0 Å². The van der Waals surface area contributed by atoms with Gasteiger partial charge in [0, 0.05) is 18.7 Å². The van der Waals surface area contributed by atoms with Crippen molar-refractivity contribution in [2.24, 2.45) is 5.73 Å². The minimum Gasteiger partial charge on any atom is -0.496 e. The minimum absolute atomic E-state index is 0.152. The quantitative estimate of drug-likeness (QED) is 0.589. The predicted octanol–water partition coefficient (Wildman–Crippen LogP) is 2.25. The molecule has 0 aliphatic carbocycles. The summed E-state index contributed by atoms with van der Waals surface area (Å²) in [6.45, 7) is 8.24. The molecule has 35 heavy (non-hydrogen) atoms. The number of rotatable bonds is 5. The molecule has 0 spiro atoms. The van der Waals surface area contributed by atoms with Crippen molar-refractivity contribution in [3.8, 4) is 17.0 Å². The Hall–Kier alpha value is -3.50. The average Bonchev–Trinajstić information content (AvgIpc) is 2.88. The second kappa shape index (κ2) is 9.63. The van der Waals surface area contributed by atoms with Gasteiger partial charge in [0.05, 0.1) is 62.3 Å². The average molecular weight is 479 g/mol. The summed E-state index contributed by atoms with van der Waals surface area (Å²) in [7, 11) is 1.51. The molecule has 184 valence electrons. The number of carbonyl (C=O) groups is 1. The highest BCUT2D eigenvalue weighted by molar-refractivity contribution is 5.97. The molecule has 2 aliphatic rings. The van der Waals surface area contributed by atoms with Crippen LogP contribution in [-0.2, 0) is 9.47 Å². The molecule has 2 atom stereocenters. The van der Waals surface area contributed by atoms with E-state index in [0.717, 1.165) is 23.3 Å². The number of ether oxygens (including phenoxy) is 3. The van der Waals surface area contributed by atoms with Gasteiger partial charge in [-0.25, -0.2) is 4.98 Å². The number of nitrogens with two attached hydrogens (primary N) is 1. The van der Waals surface area contributed by atoms with Crippen molar-refractivity contribution in [3.05, 3.63) is 35.9 Å². The molecule has 10 heteroatoms. The summed E-state index contributed by atoms with van der Waals surface area (Å²) < 4.78 is 16.6. The number of carbonyl (C=O) groups excluding carboxylic acids is 1. The number of methoxy groups -OCH3 is 1. The third kappa shape index (κ3) is 4.46. The lowest BCUT2D eigenvalue weighted by atomic mass is 10.1. The van der Waals surface area contributed by atoms with Gasteiger partial charge in [-0.05, 0) is 44.2 Å². The highest BCUT2D eigenvalue weighted by atomic mass is 16.5. The first-order chi connectivity index (χ1) is 17.0. The van der Waals surface area contributed by atoms with Crippen LogP contribution in [-0.4, -0.2) is 79.6 Å². The maximum absolute atomic E-state index is 11.9. The smallest absolute Gasteiger partial charge is 0.252 e. The van der Waals surface area contributed by atoms with Crippen molar-refractivity contribution in [2.75, 3.05) is 56.4 Å². The van der Waals surface area contributed by atoms with Gasteiger partial charge in [-0.15, -0.1) is 0 Å². The zero-order valence-corrected chi connectivity index (χ0v) is 20.2. The minimum atomic E-state index is -0.556. The summed E-state index contributed by atoms with van der Waals surface area (Å²) in [5.74, 6) is 1.36. The Bertz CT molecular complexity index is 1250. The van der Waals surface area contributed by atoms with Gasteiger partial charge in [-0.3, -0.25) is 4.79 Å². The molecule has 2 saturated heterocycles. The molecule has 0 unspecified atom stereocenters.